The van der Waals surface area contributed by atoms with Gasteiger partial charge >= 0.3 is 0 Å². The Balaban J connectivity index is 1.88. The summed E-state index contributed by atoms with van der Waals surface area (Å²) in [4.78, 5) is 11.8. The number of thioether (sulfide) groups is 1. The van der Waals surface area contributed by atoms with E-state index < -0.39 is 0 Å². The van der Waals surface area contributed by atoms with Crippen molar-refractivity contribution in [1.82, 2.24) is 5.32 Å². The average molecular weight is 305 g/mol. The monoisotopic (exact) mass is 304 g/mol. The minimum atomic E-state index is -0.00612. The minimum absolute atomic E-state index is 0.00612. The molecule has 1 aliphatic rings. The third-order valence-electron chi connectivity index (χ3n) is 2.63. The summed E-state index contributed by atoms with van der Waals surface area (Å²) in [6, 6.07) is 5.33. The Morgan fingerprint density at radius 2 is 2.28 bits per heavy atom. The lowest BCUT2D eigenvalue weighted by atomic mass is 10.2. The van der Waals surface area contributed by atoms with Gasteiger partial charge in [0.1, 0.15) is 0 Å². The third-order valence-corrected chi connectivity index (χ3v) is 4.50. The number of nitrogens with one attached hydrogen (secondary N) is 2. The highest BCUT2D eigenvalue weighted by Gasteiger charge is 2.16. The van der Waals surface area contributed by atoms with Crippen molar-refractivity contribution in [3.8, 4) is 0 Å². The standard InChI is InChI=1S/C12H14Cl2N2OS/c13-10-2-1-8(5-11(10)14)16-12(17)6-9-7-18-4-3-15-9/h1-2,5,9,15H,3-4,6-7H2,(H,16,17). The Morgan fingerprint density at radius 3 is 2.94 bits per heavy atom. The molecule has 1 atom stereocenters. The summed E-state index contributed by atoms with van der Waals surface area (Å²) in [7, 11) is 0. The zero-order valence-corrected chi connectivity index (χ0v) is 12.0. The molecule has 18 heavy (non-hydrogen) atoms. The van der Waals surface area contributed by atoms with Crippen molar-refractivity contribution >= 4 is 46.6 Å². The van der Waals surface area contributed by atoms with Gasteiger partial charge in [-0.1, -0.05) is 23.2 Å². The summed E-state index contributed by atoms with van der Waals surface area (Å²) in [6.07, 6.45) is 0.479. The fraction of sp³-hybridized carbons (Fsp3) is 0.417. The summed E-state index contributed by atoms with van der Waals surface area (Å²) in [5.74, 6) is 2.09. The summed E-state index contributed by atoms with van der Waals surface area (Å²) < 4.78 is 0. The summed E-state index contributed by atoms with van der Waals surface area (Å²) in [6.45, 7) is 0.968. The number of carbonyl (C=O) groups is 1. The van der Waals surface area contributed by atoms with Gasteiger partial charge in [-0.2, -0.15) is 11.8 Å². The predicted molar refractivity (Wildman–Crippen MR) is 78.8 cm³/mol. The zero-order valence-electron chi connectivity index (χ0n) is 9.71. The first-order valence-electron chi connectivity index (χ1n) is 5.71. The molecule has 98 valence electrons. The highest BCUT2D eigenvalue weighted by atomic mass is 35.5. The Labute approximate surface area is 121 Å². The molecular formula is C12H14Cl2N2OS. The molecule has 1 unspecified atom stereocenters. The van der Waals surface area contributed by atoms with Crippen LogP contribution in [-0.2, 0) is 4.79 Å². The Hall–Kier alpha value is -0.420. The number of rotatable bonds is 3. The van der Waals surface area contributed by atoms with Crippen LogP contribution in [0.25, 0.3) is 0 Å². The van der Waals surface area contributed by atoms with Crippen molar-refractivity contribution in [3.63, 3.8) is 0 Å². The Bertz CT molecular complexity index is 436. The normalized spacial score (nSPS) is 19.6. The maximum Gasteiger partial charge on any atom is 0.225 e. The molecule has 1 amide bonds. The van der Waals surface area contributed by atoms with Gasteiger partial charge in [0.15, 0.2) is 0 Å². The van der Waals surface area contributed by atoms with E-state index in [9.17, 15) is 4.79 Å². The van der Waals surface area contributed by atoms with Gasteiger partial charge in [0.05, 0.1) is 10.0 Å². The van der Waals surface area contributed by atoms with E-state index >= 15 is 0 Å². The molecule has 6 heteroatoms. The van der Waals surface area contributed by atoms with Crippen molar-refractivity contribution < 1.29 is 4.79 Å². The predicted octanol–water partition coefficient (Wildman–Crippen LogP) is 3.03. The molecule has 0 aliphatic carbocycles. The van der Waals surface area contributed by atoms with Crippen molar-refractivity contribution in [2.45, 2.75) is 12.5 Å². The van der Waals surface area contributed by atoms with Gasteiger partial charge in [0.2, 0.25) is 5.91 Å². The first-order chi connectivity index (χ1) is 8.65. The molecule has 0 bridgehead atoms. The second-order valence-electron chi connectivity index (χ2n) is 4.11. The van der Waals surface area contributed by atoms with Crippen molar-refractivity contribution in [2.75, 3.05) is 23.4 Å². The van der Waals surface area contributed by atoms with Crippen LogP contribution in [0.3, 0.4) is 0 Å². The van der Waals surface area contributed by atoms with Crippen LogP contribution >= 0.6 is 35.0 Å². The van der Waals surface area contributed by atoms with Crippen LogP contribution in [0.15, 0.2) is 18.2 Å². The minimum Gasteiger partial charge on any atom is -0.326 e. The van der Waals surface area contributed by atoms with Gasteiger partial charge in [-0.3, -0.25) is 4.79 Å². The SMILES string of the molecule is O=C(CC1CSCCN1)Nc1ccc(Cl)c(Cl)c1. The van der Waals surface area contributed by atoms with Gasteiger partial charge in [-0.25, -0.2) is 0 Å². The molecule has 1 saturated heterocycles. The first kappa shape index (κ1) is 14.0. The number of amides is 1. The van der Waals surface area contributed by atoms with Crippen LogP contribution in [0, 0.1) is 0 Å². The number of benzene rings is 1. The molecule has 2 rings (SSSR count). The summed E-state index contributed by atoms with van der Waals surface area (Å²) >= 11 is 13.6. The van der Waals surface area contributed by atoms with Crippen LogP contribution in [0.5, 0.6) is 0 Å². The first-order valence-corrected chi connectivity index (χ1v) is 7.62. The quantitative estimate of drug-likeness (QED) is 0.902. The van der Waals surface area contributed by atoms with E-state index in [0.29, 0.717) is 22.2 Å². The number of hydrogen-bond acceptors (Lipinski definition) is 3. The van der Waals surface area contributed by atoms with Gasteiger partial charge in [-0.15, -0.1) is 0 Å². The highest BCUT2D eigenvalue weighted by Crippen LogP contribution is 2.25. The topological polar surface area (TPSA) is 41.1 Å². The van der Waals surface area contributed by atoms with Crippen LogP contribution in [0.4, 0.5) is 5.69 Å². The van der Waals surface area contributed by atoms with Crippen molar-refractivity contribution in [1.29, 1.82) is 0 Å². The maximum atomic E-state index is 11.8. The van der Waals surface area contributed by atoms with E-state index in [-0.39, 0.29) is 11.9 Å². The molecule has 3 nitrogen and oxygen atoms in total. The maximum absolute atomic E-state index is 11.8. The second-order valence-corrected chi connectivity index (χ2v) is 6.07. The Morgan fingerprint density at radius 1 is 1.44 bits per heavy atom. The van der Waals surface area contributed by atoms with Crippen LogP contribution in [0.2, 0.25) is 10.0 Å². The summed E-state index contributed by atoms with van der Waals surface area (Å²) in [5.41, 5.74) is 0.679. The average Bonchev–Trinajstić information content (AvgIpc) is 2.35. The number of anilines is 1. The fourth-order valence-electron chi connectivity index (χ4n) is 1.76. The highest BCUT2D eigenvalue weighted by molar-refractivity contribution is 7.99. The second kappa shape index (κ2) is 6.66. The molecule has 0 saturated carbocycles. The molecule has 1 aliphatic heterocycles. The lowest BCUT2D eigenvalue weighted by Crippen LogP contribution is -2.39. The van der Waals surface area contributed by atoms with Gasteiger partial charge in [0, 0.05) is 36.2 Å². The van der Waals surface area contributed by atoms with Crippen molar-refractivity contribution in [3.05, 3.63) is 28.2 Å². The molecular weight excluding hydrogens is 291 g/mol. The van der Waals surface area contributed by atoms with E-state index in [0.717, 1.165) is 18.1 Å². The lowest BCUT2D eigenvalue weighted by Gasteiger charge is -2.22. The third kappa shape index (κ3) is 4.05. The Kier molecular flexibility index (Phi) is 5.18. The van der Waals surface area contributed by atoms with E-state index in [1.807, 2.05) is 11.8 Å². The molecule has 0 aromatic heterocycles. The van der Waals surface area contributed by atoms with E-state index in [1.54, 1.807) is 18.2 Å². The van der Waals surface area contributed by atoms with E-state index in [2.05, 4.69) is 10.6 Å². The number of halogens is 2. The molecule has 1 heterocycles. The molecule has 0 spiro atoms. The van der Waals surface area contributed by atoms with Crippen LogP contribution < -0.4 is 10.6 Å². The fourth-order valence-corrected chi connectivity index (χ4v) is 3.01. The molecule has 1 aromatic carbocycles. The van der Waals surface area contributed by atoms with Gasteiger partial charge < -0.3 is 10.6 Å². The smallest absolute Gasteiger partial charge is 0.225 e. The molecule has 1 aromatic rings. The van der Waals surface area contributed by atoms with Crippen LogP contribution in [0.1, 0.15) is 6.42 Å². The van der Waals surface area contributed by atoms with Gasteiger partial charge in [0.25, 0.3) is 0 Å². The largest absolute Gasteiger partial charge is 0.326 e. The number of hydrogen-bond donors (Lipinski definition) is 2. The lowest BCUT2D eigenvalue weighted by molar-refractivity contribution is -0.116. The summed E-state index contributed by atoms with van der Waals surface area (Å²) in [5, 5.41) is 7.08. The van der Waals surface area contributed by atoms with E-state index in [4.69, 9.17) is 23.2 Å². The van der Waals surface area contributed by atoms with E-state index in [1.165, 1.54) is 0 Å². The van der Waals surface area contributed by atoms with Gasteiger partial charge in [-0.05, 0) is 18.2 Å². The van der Waals surface area contributed by atoms with Crippen molar-refractivity contribution in [2.24, 2.45) is 0 Å². The number of carbonyl (C=O) groups excluding carboxylic acids is 1. The zero-order chi connectivity index (χ0) is 13.0. The molecule has 0 radical (unpaired) electrons. The molecule has 2 N–H and O–H groups in total. The van der Waals surface area contributed by atoms with Crippen LogP contribution in [-0.4, -0.2) is 30.0 Å². The molecule has 1 fully saturated rings.